The molecule has 3 nitrogen and oxygen atoms in total. The zero-order chi connectivity index (χ0) is 8.60. The first-order valence-corrected chi connectivity index (χ1v) is 4.05. The van der Waals surface area contributed by atoms with Crippen LogP contribution in [0, 0.1) is 0 Å². The molecule has 64 valence electrons. The molecular formula is C9H12N2O. The van der Waals surface area contributed by atoms with Crippen molar-refractivity contribution in [3.8, 4) is 5.88 Å². The molecule has 0 unspecified atom stereocenters. The van der Waals surface area contributed by atoms with Crippen molar-refractivity contribution in [3.05, 3.63) is 23.9 Å². The number of pyridine rings is 1. The van der Waals surface area contributed by atoms with Crippen molar-refractivity contribution in [2.75, 3.05) is 7.11 Å². The van der Waals surface area contributed by atoms with E-state index in [9.17, 15) is 0 Å². The molecule has 3 heteroatoms. The number of methoxy groups -OCH3 is 1. The number of hydrogen-bond donors (Lipinski definition) is 1. The topological polar surface area (TPSA) is 48.1 Å². The van der Waals surface area contributed by atoms with Gasteiger partial charge in [-0.25, -0.2) is 4.98 Å². The molecule has 0 atom stereocenters. The van der Waals surface area contributed by atoms with Gasteiger partial charge in [0, 0.05) is 6.07 Å². The predicted molar refractivity (Wildman–Crippen MR) is 45.9 cm³/mol. The number of hydrogen-bond acceptors (Lipinski definition) is 3. The van der Waals surface area contributed by atoms with E-state index in [0.29, 0.717) is 5.88 Å². The maximum atomic E-state index is 5.97. The van der Waals surface area contributed by atoms with Crippen LogP contribution < -0.4 is 10.5 Å². The summed E-state index contributed by atoms with van der Waals surface area (Å²) in [5.74, 6) is 0.643. The van der Waals surface area contributed by atoms with Gasteiger partial charge >= 0.3 is 0 Å². The standard InChI is InChI=1S/C9H12N2O/c1-12-8-4-2-3-7(11-8)9(10)5-6-9/h2-4H,5-6,10H2,1H3. The maximum absolute atomic E-state index is 5.97. The average molecular weight is 164 g/mol. The molecule has 2 rings (SSSR count). The van der Waals surface area contributed by atoms with Gasteiger partial charge in [-0.1, -0.05) is 6.07 Å². The molecule has 0 amide bonds. The summed E-state index contributed by atoms with van der Waals surface area (Å²) in [6.07, 6.45) is 2.07. The van der Waals surface area contributed by atoms with Gasteiger partial charge in [-0.3, -0.25) is 0 Å². The molecule has 1 aliphatic rings. The SMILES string of the molecule is COc1cccc(C2(N)CC2)n1. The lowest BCUT2D eigenvalue weighted by atomic mass is 10.2. The van der Waals surface area contributed by atoms with E-state index in [2.05, 4.69) is 4.98 Å². The van der Waals surface area contributed by atoms with E-state index in [1.165, 1.54) is 0 Å². The molecule has 0 spiro atoms. The van der Waals surface area contributed by atoms with Crippen LogP contribution in [0.4, 0.5) is 0 Å². The van der Waals surface area contributed by atoms with Crippen molar-refractivity contribution in [1.29, 1.82) is 0 Å². The summed E-state index contributed by atoms with van der Waals surface area (Å²) in [4.78, 5) is 4.28. The summed E-state index contributed by atoms with van der Waals surface area (Å²) in [7, 11) is 1.61. The van der Waals surface area contributed by atoms with E-state index in [4.69, 9.17) is 10.5 Å². The third-order valence-corrected chi connectivity index (χ3v) is 2.23. The van der Waals surface area contributed by atoms with Crippen LogP contribution in [0.2, 0.25) is 0 Å². The third kappa shape index (κ3) is 1.16. The van der Waals surface area contributed by atoms with Crippen molar-refractivity contribution < 1.29 is 4.74 Å². The van der Waals surface area contributed by atoms with Crippen molar-refractivity contribution >= 4 is 0 Å². The minimum atomic E-state index is -0.158. The normalized spacial score (nSPS) is 18.8. The molecule has 1 aromatic rings. The van der Waals surface area contributed by atoms with Gasteiger partial charge in [0.25, 0.3) is 0 Å². The molecule has 1 fully saturated rings. The Bertz CT molecular complexity index is 294. The zero-order valence-electron chi connectivity index (χ0n) is 7.08. The second-order valence-electron chi connectivity index (χ2n) is 3.22. The lowest BCUT2D eigenvalue weighted by molar-refractivity contribution is 0.394. The minimum absolute atomic E-state index is 0.158. The molecule has 0 aromatic carbocycles. The van der Waals surface area contributed by atoms with Crippen LogP contribution in [-0.2, 0) is 5.54 Å². The van der Waals surface area contributed by atoms with E-state index in [-0.39, 0.29) is 5.54 Å². The van der Waals surface area contributed by atoms with E-state index >= 15 is 0 Å². The summed E-state index contributed by atoms with van der Waals surface area (Å²) in [5, 5.41) is 0. The van der Waals surface area contributed by atoms with Gasteiger partial charge in [0.05, 0.1) is 18.3 Å². The molecule has 2 N–H and O–H groups in total. The minimum Gasteiger partial charge on any atom is -0.481 e. The number of ether oxygens (including phenoxy) is 1. The lowest BCUT2D eigenvalue weighted by Gasteiger charge is -2.08. The van der Waals surface area contributed by atoms with Crippen LogP contribution in [0.25, 0.3) is 0 Å². The fourth-order valence-corrected chi connectivity index (χ4v) is 1.20. The zero-order valence-corrected chi connectivity index (χ0v) is 7.08. The number of aromatic nitrogens is 1. The van der Waals surface area contributed by atoms with Gasteiger partial charge in [0.1, 0.15) is 0 Å². The van der Waals surface area contributed by atoms with Crippen LogP contribution >= 0.6 is 0 Å². The van der Waals surface area contributed by atoms with Crippen LogP contribution in [0.15, 0.2) is 18.2 Å². The Balaban J connectivity index is 2.32. The molecular weight excluding hydrogens is 152 g/mol. The fraction of sp³-hybridized carbons (Fsp3) is 0.444. The Hall–Kier alpha value is -1.09. The summed E-state index contributed by atoms with van der Waals surface area (Å²) in [5.41, 5.74) is 6.76. The molecule has 0 saturated heterocycles. The monoisotopic (exact) mass is 164 g/mol. The number of nitrogens with two attached hydrogens (primary N) is 1. The summed E-state index contributed by atoms with van der Waals surface area (Å²) in [6.45, 7) is 0. The highest BCUT2D eigenvalue weighted by atomic mass is 16.5. The largest absolute Gasteiger partial charge is 0.481 e. The molecule has 0 bridgehead atoms. The van der Waals surface area contributed by atoms with E-state index < -0.39 is 0 Å². The Labute approximate surface area is 71.6 Å². The van der Waals surface area contributed by atoms with Crippen LogP contribution in [0.1, 0.15) is 18.5 Å². The first-order valence-electron chi connectivity index (χ1n) is 4.05. The van der Waals surface area contributed by atoms with E-state index in [1.54, 1.807) is 7.11 Å². The van der Waals surface area contributed by atoms with Crippen LogP contribution in [0.5, 0.6) is 5.88 Å². The number of rotatable bonds is 2. The van der Waals surface area contributed by atoms with Gasteiger partial charge in [0.2, 0.25) is 5.88 Å². The van der Waals surface area contributed by atoms with Gasteiger partial charge in [-0.15, -0.1) is 0 Å². The highest BCUT2D eigenvalue weighted by molar-refractivity contribution is 5.26. The quantitative estimate of drug-likeness (QED) is 0.710. The predicted octanol–water partition coefficient (Wildman–Crippen LogP) is 1.04. The molecule has 1 aliphatic carbocycles. The number of nitrogens with zero attached hydrogens (tertiary/aromatic N) is 1. The van der Waals surface area contributed by atoms with E-state index in [1.807, 2.05) is 18.2 Å². The third-order valence-electron chi connectivity index (χ3n) is 2.23. The van der Waals surface area contributed by atoms with Crippen molar-refractivity contribution in [3.63, 3.8) is 0 Å². The average Bonchev–Trinajstić information content (AvgIpc) is 2.85. The highest BCUT2D eigenvalue weighted by Crippen LogP contribution is 2.41. The van der Waals surface area contributed by atoms with Crippen molar-refractivity contribution in [1.82, 2.24) is 4.98 Å². The fourth-order valence-electron chi connectivity index (χ4n) is 1.20. The van der Waals surface area contributed by atoms with E-state index in [0.717, 1.165) is 18.5 Å². The summed E-state index contributed by atoms with van der Waals surface area (Å²) >= 11 is 0. The summed E-state index contributed by atoms with van der Waals surface area (Å²) < 4.78 is 5.01. The smallest absolute Gasteiger partial charge is 0.213 e. The van der Waals surface area contributed by atoms with Crippen LogP contribution in [0.3, 0.4) is 0 Å². The first kappa shape index (κ1) is 7.55. The second-order valence-corrected chi connectivity index (χ2v) is 3.22. The Kier molecular flexibility index (Phi) is 1.54. The first-order chi connectivity index (χ1) is 5.74. The van der Waals surface area contributed by atoms with Crippen molar-refractivity contribution in [2.24, 2.45) is 5.73 Å². The Morgan fingerprint density at radius 2 is 2.25 bits per heavy atom. The highest BCUT2D eigenvalue weighted by Gasteiger charge is 2.41. The molecule has 0 radical (unpaired) electrons. The van der Waals surface area contributed by atoms with Crippen molar-refractivity contribution in [2.45, 2.75) is 18.4 Å². The molecule has 1 saturated carbocycles. The van der Waals surface area contributed by atoms with Gasteiger partial charge < -0.3 is 10.5 Å². The molecule has 1 heterocycles. The summed E-state index contributed by atoms with van der Waals surface area (Å²) in [6, 6.07) is 5.71. The lowest BCUT2D eigenvalue weighted by Crippen LogP contribution is -2.20. The second kappa shape index (κ2) is 2.45. The maximum Gasteiger partial charge on any atom is 0.213 e. The van der Waals surface area contributed by atoms with Crippen LogP contribution in [-0.4, -0.2) is 12.1 Å². The molecule has 0 aliphatic heterocycles. The van der Waals surface area contributed by atoms with Gasteiger partial charge in [0.15, 0.2) is 0 Å². The molecule has 12 heavy (non-hydrogen) atoms. The van der Waals surface area contributed by atoms with Gasteiger partial charge in [-0.2, -0.15) is 0 Å². The Morgan fingerprint density at radius 3 is 2.83 bits per heavy atom. The molecule has 1 aromatic heterocycles. The van der Waals surface area contributed by atoms with Gasteiger partial charge in [-0.05, 0) is 18.9 Å². The Morgan fingerprint density at radius 1 is 1.50 bits per heavy atom.